The lowest BCUT2D eigenvalue weighted by Crippen LogP contribution is -2.50. The van der Waals surface area contributed by atoms with Crippen molar-refractivity contribution < 1.29 is 0 Å². The number of piperidine rings is 1. The SMILES string of the molecule is CCCC1CC(NCC2CCC2)CN(c2ccccc2)C1. The van der Waals surface area contributed by atoms with E-state index >= 15 is 0 Å². The van der Waals surface area contributed by atoms with E-state index in [4.69, 9.17) is 0 Å². The van der Waals surface area contributed by atoms with Gasteiger partial charge in [0.15, 0.2) is 0 Å². The molecule has 2 unspecified atom stereocenters. The molecular weight excluding hydrogens is 256 g/mol. The molecule has 2 fully saturated rings. The van der Waals surface area contributed by atoms with E-state index in [0.29, 0.717) is 6.04 Å². The second-order valence-electron chi connectivity index (χ2n) is 7.03. The van der Waals surface area contributed by atoms with Crippen LogP contribution in [0, 0.1) is 11.8 Å². The topological polar surface area (TPSA) is 15.3 Å². The van der Waals surface area contributed by atoms with Gasteiger partial charge in [-0.2, -0.15) is 0 Å². The normalized spacial score (nSPS) is 26.6. The predicted molar refractivity (Wildman–Crippen MR) is 90.8 cm³/mol. The highest BCUT2D eigenvalue weighted by Crippen LogP contribution is 2.28. The maximum Gasteiger partial charge on any atom is 0.0366 e. The Hall–Kier alpha value is -1.02. The van der Waals surface area contributed by atoms with Crippen LogP contribution < -0.4 is 10.2 Å². The molecule has 116 valence electrons. The molecule has 2 atom stereocenters. The Bertz CT molecular complexity index is 413. The Kier molecular flexibility index (Phi) is 5.18. The van der Waals surface area contributed by atoms with Gasteiger partial charge in [-0.25, -0.2) is 0 Å². The molecule has 0 bridgehead atoms. The van der Waals surface area contributed by atoms with Gasteiger partial charge in [-0.15, -0.1) is 0 Å². The van der Waals surface area contributed by atoms with Crippen molar-refractivity contribution in [2.45, 2.75) is 51.5 Å². The van der Waals surface area contributed by atoms with Crippen LogP contribution in [0.3, 0.4) is 0 Å². The molecule has 2 heteroatoms. The fourth-order valence-electron chi connectivity index (χ4n) is 3.85. The fraction of sp³-hybridized carbons (Fsp3) is 0.684. The molecule has 1 aromatic rings. The van der Waals surface area contributed by atoms with Crippen LogP contribution in [0.15, 0.2) is 30.3 Å². The van der Waals surface area contributed by atoms with Crippen molar-refractivity contribution in [1.29, 1.82) is 0 Å². The van der Waals surface area contributed by atoms with Crippen LogP contribution in [0.1, 0.15) is 45.4 Å². The van der Waals surface area contributed by atoms with Gasteiger partial charge in [0.1, 0.15) is 0 Å². The van der Waals surface area contributed by atoms with E-state index in [1.807, 2.05) is 0 Å². The van der Waals surface area contributed by atoms with Crippen molar-refractivity contribution in [1.82, 2.24) is 5.32 Å². The van der Waals surface area contributed by atoms with Gasteiger partial charge in [0, 0.05) is 24.8 Å². The van der Waals surface area contributed by atoms with Gasteiger partial charge in [0.05, 0.1) is 0 Å². The number of para-hydroxylation sites is 1. The summed E-state index contributed by atoms with van der Waals surface area (Å²) in [6, 6.07) is 11.6. The Labute approximate surface area is 129 Å². The third-order valence-corrected chi connectivity index (χ3v) is 5.28. The van der Waals surface area contributed by atoms with E-state index in [1.165, 1.54) is 63.8 Å². The van der Waals surface area contributed by atoms with Crippen molar-refractivity contribution in [3.63, 3.8) is 0 Å². The second-order valence-corrected chi connectivity index (χ2v) is 7.03. The number of anilines is 1. The molecule has 1 saturated carbocycles. The number of rotatable bonds is 6. The molecule has 1 N–H and O–H groups in total. The van der Waals surface area contributed by atoms with Crippen LogP contribution in [0.25, 0.3) is 0 Å². The Morgan fingerprint density at radius 3 is 2.57 bits per heavy atom. The minimum absolute atomic E-state index is 0.677. The summed E-state index contributed by atoms with van der Waals surface area (Å²) in [6.07, 6.45) is 8.38. The van der Waals surface area contributed by atoms with Crippen molar-refractivity contribution in [2.75, 3.05) is 24.5 Å². The molecule has 21 heavy (non-hydrogen) atoms. The summed E-state index contributed by atoms with van der Waals surface area (Å²) < 4.78 is 0. The molecule has 1 saturated heterocycles. The van der Waals surface area contributed by atoms with E-state index in [2.05, 4.69) is 47.5 Å². The summed E-state index contributed by atoms with van der Waals surface area (Å²) in [5.74, 6) is 1.81. The van der Waals surface area contributed by atoms with Crippen LogP contribution in [0.4, 0.5) is 5.69 Å². The lowest BCUT2D eigenvalue weighted by molar-refractivity contribution is 0.259. The first-order chi connectivity index (χ1) is 10.3. The van der Waals surface area contributed by atoms with Crippen molar-refractivity contribution in [3.05, 3.63) is 30.3 Å². The highest BCUT2D eigenvalue weighted by atomic mass is 15.2. The summed E-state index contributed by atoms with van der Waals surface area (Å²) in [4.78, 5) is 2.60. The molecule has 1 heterocycles. The summed E-state index contributed by atoms with van der Waals surface area (Å²) in [6.45, 7) is 5.97. The smallest absolute Gasteiger partial charge is 0.0366 e. The maximum atomic E-state index is 3.87. The third kappa shape index (κ3) is 4.00. The van der Waals surface area contributed by atoms with Gasteiger partial charge >= 0.3 is 0 Å². The molecule has 3 rings (SSSR count). The minimum atomic E-state index is 0.677. The van der Waals surface area contributed by atoms with E-state index < -0.39 is 0 Å². The van der Waals surface area contributed by atoms with E-state index in [-0.39, 0.29) is 0 Å². The molecular formula is C19H30N2. The summed E-state index contributed by atoms with van der Waals surface area (Å²) in [7, 11) is 0. The minimum Gasteiger partial charge on any atom is -0.370 e. The van der Waals surface area contributed by atoms with Gasteiger partial charge in [0.25, 0.3) is 0 Å². The average molecular weight is 286 g/mol. The maximum absolute atomic E-state index is 3.87. The highest BCUT2D eigenvalue weighted by Gasteiger charge is 2.27. The molecule has 1 aliphatic carbocycles. The van der Waals surface area contributed by atoms with Gasteiger partial charge in [-0.05, 0) is 56.2 Å². The van der Waals surface area contributed by atoms with Gasteiger partial charge in [-0.3, -0.25) is 0 Å². The van der Waals surface area contributed by atoms with Gasteiger partial charge in [-0.1, -0.05) is 38.0 Å². The zero-order valence-corrected chi connectivity index (χ0v) is 13.4. The van der Waals surface area contributed by atoms with E-state index in [9.17, 15) is 0 Å². The standard InChI is InChI=1S/C19H30N2/c1-2-7-17-12-18(20-13-16-8-6-9-16)15-21(14-17)19-10-4-3-5-11-19/h3-5,10-11,16-18,20H,2,6-9,12-15H2,1H3. The molecule has 0 radical (unpaired) electrons. The van der Waals surface area contributed by atoms with Crippen molar-refractivity contribution in [2.24, 2.45) is 11.8 Å². The van der Waals surface area contributed by atoms with E-state index in [1.54, 1.807) is 0 Å². The number of benzene rings is 1. The number of nitrogens with one attached hydrogen (secondary N) is 1. The van der Waals surface area contributed by atoms with Crippen LogP contribution in [0.5, 0.6) is 0 Å². The first-order valence-corrected chi connectivity index (χ1v) is 8.88. The third-order valence-electron chi connectivity index (χ3n) is 5.28. The molecule has 0 spiro atoms. The lowest BCUT2D eigenvalue weighted by atomic mass is 9.84. The monoisotopic (exact) mass is 286 g/mol. The largest absolute Gasteiger partial charge is 0.370 e. The van der Waals surface area contributed by atoms with E-state index in [0.717, 1.165) is 11.8 Å². The van der Waals surface area contributed by atoms with Gasteiger partial charge in [0.2, 0.25) is 0 Å². The van der Waals surface area contributed by atoms with Gasteiger partial charge < -0.3 is 10.2 Å². The average Bonchev–Trinajstić information content (AvgIpc) is 2.47. The zero-order chi connectivity index (χ0) is 14.5. The van der Waals surface area contributed by atoms with Crippen LogP contribution in [0.2, 0.25) is 0 Å². The lowest BCUT2D eigenvalue weighted by Gasteiger charge is -2.40. The molecule has 2 aliphatic rings. The quantitative estimate of drug-likeness (QED) is 0.848. The number of nitrogens with zero attached hydrogens (tertiary/aromatic N) is 1. The Balaban J connectivity index is 1.60. The number of hydrogen-bond acceptors (Lipinski definition) is 2. The molecule has 2 nitrogen and oxygen atoms in total. The van der Waals surface area contributed by atoms with Crippen molar-refractivity contribution in [3.8, 4) is 0 Å². The van der Waals surface area contributed by atoms with Crippen LogP contribution in [-0.2, 0) is 0 Å². The summed E-state index contributed by atoms with van der Waals surface area (Å²) >= 11 is 0. The first-order valence-electron chi connectivity index (χ1n) is 8.88. The summed E-state index contributed by atoms with van der Waals surface area (Å²) in [5, 5.41) is 3.87. The second kappa shape index (κ2) is 7.31. The first kappa shape index (κ1) is 14.9. The Morgan fingerprint density at radius 1 is 1.10 bits per heavy atom. The van der Waals surface area contributed by atoms with Crippen LogP contribution >= 0.6 is 0 Å². The molecule has 1 aliphatic heterocycles. The summed E-state index contributed by atoms with van der Waals surface area (Å²) in [5.41, 5.74) is 1.40. The number of hydrogen-bond donors (Lipinski definition) is 1. The molecule has 0 aromatic heterocycles. The van der Waals surface area contributed by atoms with Crippen molar-refractivity contribution >= 4 is 5.69 Å². The van der Waals surface area contributed by atoms with Crippen LogP contribution in [-0.4, -0.2) is 25.7 Å². The molecule has 1 aromatic carbocycles. The fourth-order valence-corrected chi connectivity index (χ4v) is 3.85. The Morgan fingerprint density at radius 2 is 1.90 bits per heavy atom. The highest BCUT2D eigenvalue weighted by molar-refractivity contribution is 5.46. The predicted octanol–water partition coefficient (Wildman–Crippen LogP) is 4.07. The zero-order valence-electron chi connectivity index (χ0n) is 13.4. The molecule has 0 amide bonds.